The van der Waals surface area contributed by atoms with Crippen molar-refractivity contribution in [1.29, 1.82) is 0 Å². The second-order valence-corrected chi connectivity index (χ2v) is 3.15. The van der Waals surface area contributed by atoms with E-state index in [4.69, 9.17) is 0 Å². The van der Waals surface area contributed by atoms with Crippen LogP contribution < -0.4 is 0 Å². The number of rotatable bonds is 1. The maximum absolute atomic E-state index is 3.99. The molecule has 2 nitrogen and oxygen atoms in total. The molecule has 0 fully saturated rings. The van der Waals surface area contributed by atoms with Crippen LogP contribution in [0.5, 0.6) is 0 Å². The maximum atomic E-state index is 3.99. The third kappa shape index (κ3) is 2.47. The van der Waals surface area contributed by atoms with Crippen LogP contribution in [-0.2, 0) is 17.1 Å². The van der Waals surface area contributed by atoms with Gasteiger partial charge in [-0.15, -0.1) is 0 Å². The summed E-state index contributed by atoms with van der Waals surface area (Å²) in [7, 11) is 2.07. The van der Waals surface area contributed by atoms with E-state index in [0.717, 1.165) is 6.54 Å². The Kier molecular flexibility index (Phi) is 3.93. The van der Waals surface area contributed by atoms with Gasteiger partial charge in [-0.2, -0.15) is 0 Å². The molecule has 2 heterocycles. The smallest absolute Gasteiger partial charge is 0.0359 e. The van der Waals surface area contributed by atoms with Gasteiger partial charge in [0.2, 0.25) is 0 Å². The molecule has 0 atom stereocenters. The minimum atomic E-state index is 0. The van der Waals surface area contributed by atoms with Crippen LogP contribution in [0.2, 0.25) is 0 Å². The number of nitrogens with zero attached hydrogens (tertiary/aromatic N) is 2. The fourth-order valence-electron chi connectivity index (χ4n) is 1.34. The second-order valence-electron chi connectivity index (χ2n) is 3.15. The van der Waals surface area contributed by atoms with Crippen LogP contribution in [0, 0.1) is 0 Å². The van der Waals surface area contributed by atoms with Gasteiger partial charge < -0.3 is 4.90 Å². The van der Waals surface area contributed by atoms with Gasteiger partial charge in [0.25, 0.3) is 0 Å². The quantitative estimate of drug-likeness (QED) is 0.681. The van der Waals surface area contributed by atoms with Gasteiger partial charge in [-0.1, -0.05) is 6.08 Å². The molecule has 2 rings (SSSR count). The van der Waals surface area contributed by atoms with E-state index in [1.807, 2.05) is 24.5 Å². The van der Waals surface area contributed by atoms with Crippen LogP contribution in [0.15, 0.2) is 42.9 Å². The number of likely N-dealkylation sites (N-methyl/N-ethyl adjacent to an activating group) is 1. The zero-order valence-corrected chi connectivity index (χ0v) is 9.20. The third-order valence-corrected chi connectivity index (χ3v) is 2.12. The zero-order valence-electron chi connectivity index (χ0n) is 8.02. The molecule has 1 aromatic heterocycles. The van der Waals surface area contributed by atoms with Crippen LogP contribution in [-0.4, -0.2) is 23.5 Å². The average Bonchev–Trinajstić information content (AvgIpc) is 2.20. The first-order chi connectivity index (χ1) is 6.36. The van der Waals surface area contributed by atoms with Crippen molar-refractivity contribution < 1.29 is 17.1 Å². The van der Waals surface area contributed by atoms with Crippen molar-refractivity contribution in [1.82, 2.24) is 9.88 Å². The van der Waals surface area contributed by atoms with Crippen molar-refractivity contribution in [3.8, 4) is 0 Å². The maximum Gasteiger partial charge on any atom is 0.0359 e. The molecule has 0 aromatic carbocycles. The zero-order chi connectivity index (χ0) is 9.10. The summed E-state index contributed by atoms with van der Waals surface area (Å²) >= 11 is 0. The van der Waals surface area contributed by atoms with E-state index in [-0.39, 0.29) is 17.1 Å². The number of pyridine rings is 1. The van der Waals surface area contributed by atoms with Crippen LogP contribution in [0.4, 0.5) is 0 Å². The molecule has 1 aliphatic rings. The third-order valence-electron chi connectivity index (χ3n) is 2.12. The summed E-state index contributed by atoms with van der Waals surface area (Å²) in [5.74, 6) is 0. The summed E-state index contributed by atoms with van der Waals surface area (Å²) in [4.78, 5) is 6.14. The predicted molar refractivity (Wildman–Crippen MR) is 54.0 cm³/mol. The van der Waals surface area contributed by atoms with E-state index in [1.165, 1.54) is 11.1 Å². The van der Waals surface area contributed by atoms with Crippen molar-refractivity contribution in [2.45, 2.75) is 0 Å². The van der Waals surface area contributed by atoms with Crippen molar-refractivity contribution >= 4 is 5.57 Å². The van der Waals surface area contributed by atoms with Crippen molar-refractivity contribution in [2.24, 2.45) is 0 Å². The van der Waals surface area contributed by atoms with E-state index >= 15 is 0 Å². The Hall–Kier alpha value is -1.05. The van der Waals surface area contributed by atoms with Crippen molar-refractivity contribution in [2.75, 3.05) is 13.6 Å². The second kappa shape index (κ2) is 4.99. The fraction of sp³-hybridized carbons (Fsp3) is 0.182. The molecule has 1 radical (unpaired) electrons. The molecule has 1 aromatic rings. The number of allylic oxidation sites excluding steroid dienone is 2. The Labute approximate surface area is 94.8 Å². The molecule has 0 saturated heterocycles. The number of hydrogen-bond acceptors (Lipinski definition) is 2. The number of aromatic nitrogens is 1. The van der Waals surface area contributed by atoms with Crippen LogP contribution in [0.3, 0.4) is 0 Å². The van der Waals surface area contributed by atoms with Gasteiger partial charge in [-0.25, -0.2) is 0 Å². The van der Waals surface area contributed by atoms with Crippen LogP contribution in [0.25, 0.3) is 5.57 Å². The molecule has 0 amide bonds. The minimum Gasteiger partial charge on any atom is -0.377 e. The molecule has 3 heteroatoms. The molecule has 1 aliphatic heterocycles. The molecular weight excluding hydrogens is 215 g/mol. The Morgan fingerprint density at radius 2 is 2.00 bits per heavy atom. The molecule has 0 saturated carbocycles. The monoisotopic (exact) mass is 227 g/mol. The predicted octanol–water partition coefficient (Wildman–Crippen LogP) is 1.92. The largest absolute Gasteiger partial charge is 0.377 e. The van der Waals surface area contributed by atoms with Crippen molar-refractivity contribution in [3.05, 3.63) is 48.4 Å². The normalized spacial score (nSPS) is 14.6. The van der Waals surface area contributed by atoms with Gasteiger partial charge in [0, 0.05) is 43.1 Å². The van der Waals surface area contributed by atoms with E-state index in [9.17, 15) is 0 Å². The molecule has 0 N–H and O–H groups in total. The van der Waals surface area contributed by atoms with E-state index < -0.39 is 0 Å². The van der Waals surface area contributed by atoms with Crippen LogP contribution in [0.1, 0.15) is 5.56 Å². The summed E-state index contributed by atoms with van der Waals surface area (Å²) in [6, 6.07) is 4.06. The van der Waals surface area contributed by atoms with Gasteiger partial charge in [-0.3, -0.25) is 4.98 Å². The van der Waals surface area contributed by atoms with E-state index in [2.05, 4.69) is 35.3 Å². The molecule has 73 valence electrons. The van der Waals surface area contributed by atoms with Crippen LogP contribution >= 0.6 is 0 Å². The number of hydrogen-bond donors (Lipinski definition) is 0. The molecular formula is C11H12MnN2. The Bertz CT molecular complexity index is 344. The van der Waals surface area contributed by atoms with Gasteiger partial charge in [-0.05, 0) is 35.5 Å². The molecule has 0 spiro atoms. The molecule has 0 bridgehead atoms. The first-order valence-corrected chi connectivity index (χ1v) is 4.35. The summed E-state index contributed by atoms with van der Waals surface area (Å²) in [5, 5.41) is 0. The summed E-state index contributed by atoms with van der Waals surface area (Å²) in [5.41, 5.74) is 2.51. The Morgan fingerprint density at radius 1 is 1.29 bits per heavy atom. The fourth-order valence-corrected chi connectivity index (χ4v) is 1.34. The topological polar surface area (TPSA) is 16.1 Å². The van der Waals surface area contributed by atoms with Gasteiger partial charge in [0.15, 0.2) is 0 Å². The van der Waals surface area contributed by atoms with Crippen molar-refractivity contribution in [3.63, 3.8) is 0 Å². The Balaban J connectivity index is 0.000000980. The van der Waals surface area contributed by atoms with Gasteiger partial charge >= 0.3 is 0 Å². The molecule has 14 heavy (non-hydrogen) atoms. The van der Waals surface area contributed by atoms with E-state index in [0.29, 0.717) is 0 Å². The molecule has 0 unspecified atom stereocenters. The summed E-state index contributed by atoms with van der Waals surface area (Å²) < 4.78 is 0. The SMILES string of the molecule is CN1C=CC(c2ccncc2)=CC1.[Mn]. The van der Waals surface area contributed by atoms with E-state index in [1.54, 1.807) is 0 Å². The minimum absolute atomic E-state index is 0. The van der Waals surface area contributed by atoms with Gasteiger partial charge in [0.05, 0.1) is 0 Å². The first kappa shape index (κ1) is 11.0. The summed E-state index contributed by atoms with van der Waals surface area (Å²) in [6.07, 6.45) is 10.1. The standard InChI is InChI=1S/C11H12N2.Mn/c1-13-8-4-11(5-9-13)10-2-6-12-7-3-10;/h2-8H,9H2,1H3;. The Morgan fingerprint density at radius 3 is 2.57 bits per heavy atom. The summed E-state index contributed by atoms with van der Waals surface area (Å²) in [6.45, 7) is 0.980. The average molecular weight is 227 g/mol. The first-order valence-electron chi connectivity index (χ1n) is 4.35. The molecule has 0 aliphatic carbocycles. The van der Waals surface area contributed by atoms with Gasteiger partial charge in [0.1, 0.15) is 0 Å².